The van der Waals surface area contributed by atoms with Crippen LogP contribution in [0.3, 0.4) is 0 Å². The van der Waals surface area contributed by atoms with E-state index in [1.165, 1.54) is 0 Å². The minimum absolute atomic E-state index is 0.628. The van der Waals surface area contributed by atoms with Crippen molar-refractivity contribution in [2.75, 3.05) is 12.4 Å². The average Bonchev–Trinajstić information content (AvgIpc) is 3.47. The van der Waals surface area contributed by atoms with Gasteiger partial charge in [-0.1, -0.05) is 36.4 Å². The summed E-state index contributed by atoms with van der Waals surface area (Å²) in [6.07, 6.45) is 1.83. The van der Waals surface area contributed by atoms with Crippen LogP contribution >= 0.6 is 0 Å². The largest absolute Gasteiger partial charge is 0.497 e. The van der Waals surface area contributed by atoms with Gasteiger partial charge in [0.05, 0.1) is 18.8 Å². The fraction of sp³-hybridized carbons (Fsp3) is 0.0870. The van der Waals surface area contributed by atoms with Crippen molar-refractivity contribution in [3.05, 3.63) is 78.5 Å². The molecule has 5 aromatic rings. The number of nitrogens with zero attached hydrogens (tertiary/aromatic N) is 3. The molecule has 0 atom stereocenters. The van der Waals surface area contributed by atoms with E-state index in [1.54, 1.807) is 7.11 Å². The molecule has 0 unspecified atom stereocenters. The van der Waals surface area contributed by atoms with Gasteiger partial charge in [0, 0.05) is 28.7 Å². The summed E-state index contributed by atoms with van der Waals surface area (Å²) in [6.45, 7) is 0.683. The third kappa shape index (κ3) is 3.48. The third-order valence-electron chi connectivity index (χ3n) is 4.98. The van der Waals surface area contributed by atoms with E-state index < -0.39 is 0 Å². The Morgan fingerprint density at radius 1 is 0.967 bits per heavy atom. The highest BCUT2D eigenvalue weighted by Crippen LogP contribution is 2.28. The first-order valence-electron chi connectivity index (χ1n) is 9.62. The molecule has 2 aromatic heterocycles. The van der Waals surface area contributed by atoms with Crippen molar-refractivity contribution in [3.63, 3.8) is 0 Å². The van der Waals surface area contributed by atoms with E-state index in [0.29, 0.717) is 18.2 Å². The molecule has 0 bridgehead atoms. The zero-order valence-corrected chi connectivity index (χ0v) is 16.4. The lowest BCUT2D eigenvalue weighted by atomic mass is 10.1. The van der Waals surface area contributed by atoms with Crippen LogP contribution in [-0.2, 0) is 6.54 Å². The molecule has 0 saturated heterocycles. The molecule has 3 N–H and O–H groups in total. The first-order chi connectivity index (χ1) is 14.8. The molecule has 148 valence electrons. The highest BCUT2D eigenvalue weighted by molar-refractivity contribution is 5.79. The molecule has 0 aliphatic carbocycles. The van der Waals surface area contributed by atoms with Gasteiger partial charge in [0.25, 0.3) is 0 Å². The summed E-state index contributed by atoms with van der Waals surface area (Å²) in [6, 6.07) is 22.0. The number of methoxy groups -OCH3 is 1. The van der Waals surface area contributed by atoms with Crippen LogP contribution in [-0.4, -0.2) is 32.5 Å². The van der Waals surface area contributed by atoms with Crippen molar-refractivity contribution in [2.45, 2.75) is 6.54 Å². The SMILES string of the molecule is COc1cccc(-c2n[nH]c(-c3ccccc3NCc3ccc4cn[nH]c4c3)n2)c1. The molecule has 0 aliphatic rings. The number of rotatable bonds is 6. The van der Waals surface area contributed by atoms with Crippen molar-refractivity contribution in [3.8, 4) is 28.5 Å². The Hall–Kier alpha value is -4.13. The van der Waals surface area contributed by atoms with E-state index in [-0.39, 0.29) is 0 Å². The van der Waals surface area contributed by atoms with Crippen LogP contribution < -0.4 is 10.1 Å². The highest BCUT2D eigenvalue weighted by atomic mass is 16.5. The van der Waals surface area contributed by atoms with Crippen LogP contribution in [0.2, 0.25) is 0 Å². The Kier molecular flexibility index (Phi) is 4.61. The first kappa shape index (κ1) is 17.9. The van der Waals surface area contributed by atoms with E-state index in [2.05, 4.69) is 43.9 Å². The summed E-state index contributed by atoms with van der Waals surface area (Å²) < 4.78 is 5.30. The fourth-order valence-corrected chi connectivity index (χ4v) is 3.41. The number of aromatic nitrogens is 5. The Bertz CT molecular complexity index is 1310. The molecular weight excluding hydrogens is 376 g/mol. The Morgan fingerprint density at radius 2 is 1.90 bits per heavy atom. The van der Waals surface area contributed by atoms with E-state index >= 15 is 0 Å². The van der Waals surface area contributed by atoms with Gasteiger partial charge in [-0.25, -0.2) is 4.98 Å². The molecule has 0 radical (unpaired) electrons. The van der Waals surface area contributed by atoms with Crippen LogP contribution in [0.5, 0.6) is 5.75 Å². The van der Waals surface area contributed by atoms with Gasteiger partial charge in [0.15, 0.2) is 11.6 Å². The summed E-state index contributed by atoms with van der Waals surface area (Å²) >= 11 is 0. The molecule has 7 nitrogen and oxygen atoms in total. The molecule has 0 aliphatic heterocycles. The lowest BCUT2D eigenvalue weighted by molar-refractivity contribution is 0.415. The van der Waals surface area contributed by atoms with Gasteiger partial charge in [-0.05, 0) is 35.9 Å². The molecule has 0 saturated carbocycles. The minimum atomic E-state index is 0.628. The number of fused-ring (bicyclic) bond motifs is 1. The maximum atomic E-state index is 5.30. The van der Waals surface area contributed by atoms with E-state index in [4.69, 9.17) is 9.72 Å². The molecule has 2 heterocycles. The van der Waals surface area contributed by atoms with Crippen LogP contribution in [0.15, 0.2) is 72.9 Å². The molecule has 7 heteroatoms. The average molecular weight is 396 g/mol. The summed E-state index contributed by atoms with van der Waals surface area (Å²) in [4.78, 5) is 4.70. The second-order valence-electron chi connectivity index (χ2n) is 6.93. The third-order valence-corrected chi connectivity index (χ3v) is 4.98. The predicted molar refractivity (Wildman–Crippen MR) is 117 cm³/mol. The number of para-hydroxylation sites is 1. The summed E-state index contributed by atoms with van der Waals surface area (Å²) in [5.41, 5.74) is 5.03. The van der Waals surface area contributed by atoms with Gasteiger partial charge in [0.2, 0.25) is 0 Å². The van der Waals surface area contributed by atoms with Crippen LogP contribution in [0.25, 0.3) is 33.7 Å². The minimum Gasteiger partial charge on any atom is -0.497 e. The number of benzene rings is 3. The molecule has 0 spiro atoms. The molecule has 0 fully saturated rings. The van der Waals surface area contributed by atoms with Gasteiger partial charge in [-0.2, -0.15) is 10.2 Å². The molecular formula is C23H20N6O. The topological polar surface area (TPSA) is 91.5 Å². The monoisotopic (exact) mass is 396 g/mol. The van der Waals surface area contributed by atoms with Crippen molar-refractivity contribution in [1.82, 2.24) is 25.4 Å². The van der Waals surface area contributed by atoms with E-state index in [0.717, 1.165) is 39.0 Å². The fourth-order valence-electron chi connectivity index (χ4n) is 3.41. The smallest absolute Gasteiger partial charge is 0.181 e. The number of aromatic amines is 2. The second-order valence-corrected chi connectivity index (χ2v) is 6.93. The molecule has 5 rings (SSSR count). The maximum absolute atomic E-state index is 5.30. The van der Waals surface area contributed by atoms with Gasteiger partial charge in [0.1, 0.15) is 5.75 Å². The van der Waals surface area contributed by atoms with Crippen LogP contribution in [0.4, 0.5) is 5.69 Å². The van der Waals surface area contributed by atoms with Gasteiger partial charge >= 0.3 is 0 Å². The number of hydrogen-bond donors (Lipinski definition) is 3. The van der Waals surface area contributed by atoms with E-state index in [1.807, 2.05) is 54.7 Å². The number of anilines is 1. The molecule has 3 aromatic carbocycles. The molecule has 0 amide bonds. The van der Waals surface area contributed by atoms with Crippen molar-refractivity contribution in [2.24, 2.45) is 0 Å². The van der Waals surface area contributed by atoms with Crippen molar-refractivity contribution >= 4 is 16.6 Å². The lowest BCUT2D eigenvalue weighted by Crippen LogP contribution is -2.01. The van der Waals surface area contributed by atoms with Gasteiger partial charge < -0.3 is 10.1 Å². The van der Waals surface area contributed by atoms with Crippen molar-refractivity contribution < 1.29 is 4.74 Å². The number of hydrogen-bond acceptors (Lipinski definition) is 5. The first-order valence-corrected chi connectivity index (χ1v) is 9.62. The van der Waals surface area contributed by atoms with Crippen LogP contribution in [0, 0.1) is 0 Å². The Balaban J connectivity index is 1.40. The maximum Gasteiger partial charge on any atom is 0.181 e. The number of H-pyrrole nitrogens is 2. The quantitative estimate of drug-likeness (QED) is 0.389. The van der Waals surface area contributed by atoms with Crippen LogP contribution in [0.1, 0.15) is 5.56 Å². The summed E-state index contributed by atoms with van der Waals surface area (Å²) in [5, 5.41) is 19.2. The second kappa shape index (κ2) is 7.71. The number of nitrogens with one attached hydrogen (secondary N) is 3. The van der Waals surface area contributed by atoms with Gasteiger partial charge in [-0.15, -0.1) is 0 Å². The lowest BCUT2D eigenvalue weighted by Gasteiger charge is -2.10. The summed E-state index contributed by atoms with van der Waals surface area (Å²) in [5.74, 6) is 2.11. The highest BCUT2D eigenvalue weighted by Gasteiger charge is 2.12. The number of ether oxygens (including phenoxy) is 1. The Morgan fingerprint density at radius 3 is 2.83 bits per heavy atom. The zero-order chi connectivity index (χ0) is 20.3. The molecule has 30 heavy (non-hydrogen) atoms. The Labute approximate surface area is 173 Å². The normalized spacial score (nSPS) is 11.0. The van der Waals surface area contributed by atoms with E-state index in [9.17, 15) is 0 Å². The summed E-state index contributed by atoms with van der Waals surface area (Å²) in [7, 11) is 1.65. The predicted octanol–water partition coefficient (Wildman–Crippen LogP) is 4.64. The van der Waals surface area contributed by atoms with Crippen molar-refractivity contribution in [1.29, 1.82) is 0 Å². The zero-order valence-electron chi connectivity index (χ0n) is 16.4. The standard InChI is InChI=1S/C23H20N6O/c1-30-18-6-4-5-16(12-18)22-26-23(29-28-22)19-7-2-3-8-20(19)24-13-15-9-10-17-14-25-27-21(17)11-15/h2-12,14,24H,13H2,1H3,(H,25,27)(H,26,28,29). The van der Waals surface area contributed by atoms with Gasteiger partial charge in [-0.3, -0.25) is 10.2 Å².